The quantitative estimate of drug-likeness (QED) is 0.439. The number of carbonyl (C=O) groups excluding carboxylic acids is 1. The third-order valence-electron chi connectivity index (χ3n) is 5.07. The SMILES string of the molecule is O=C(Nc1ccn(-c2ccccc2)n1)c1ccc(NS(=O)(=O)c2ccc3c(c2)OCCO3)cc1. The molecule has 0 radical (unpaired) electrons. The standard InChI is InChI=1S/C24H20N4O5S/c29-24(25-23-12-13-28(26-23)19-4-2-1-3-5-19)17-6-8-18(9-7-17)27-34(30,31)20-10-11-21-22(16-20)33-15-14-32-21/h1-13,16,27H,14-15H2,(H,25,26,29). The van der Waals surface area contributed by atoms with E-state index in [2.05, 4.69) is 15.1 Å². The molecule has 0 spiro atoms. The average Bonchev–Trinajstić information content (AvgIpc) is 3.33. The summed E-state index contributed by atoms with van der Waals surface area (Å²) in [5.74, 6) is 0.932. The third-order valence-corrected chi connectivity index (χ3v) is 6.45. The molecule has 34 heavy (non-hydrogen) atoms. The van der Waals surface area contributed by atoms with Gasteiger partial charge in [0.05, 0.1) is 10.6 Å². The molecule has 4 aromatic rings. The van der Waals surface area contributed by atoms with Gasteiger partial charge in [-0.1, -0.05) is 18.2 Å². The number of rotatable bonds is 6. The summed E-state index contributed by atoms with van der Waals surface area (Å²) in [5, 5.41) is 7.09. The van der Waals surface area contributed by atoms with Gasteiger partial charge in [-0.3, -0.25) is 9.52 Å². The molecule has 2 heterocycles. The number of nitrogens with one attached hydrogen (secondary N) is 2. The van der Waals surface area contributed by atoms with E-state index in [4.69, 9.17) is 9.47 Å². The number of hydrogen-bond acceptors (Lipinski definition) is 6. The number of carbonyl (C=O) groups is 1. The van der Waals surface area contributed by atoms with Crippen molar-refractivity contribution >= 4 is 27.4 Å². The Morgan fingerprint density at radius 1 is 0.882 bits per heavy atom. The molecule has 1 aliphatic rings. The van der Waals surface area contributed by atoms with Crippen LogP contribution in [0.15, 0.2) is 90.0 Å². The minimum Gasteiger partial charge on any atom is -0.486 e. The first-order chi connectivity index (χ1) is 16.5. The lowest BCUT2D eigenvalue weighted by atomic mass is 10.2. The van der Waals surface area contributed by atoms with Gasteiger partial charge in [0.25, 0.3) is 15.9 Å². The van der Waals surface area contributed by atoms with Crippen molar-refractivity contribution < 1.29 is 22.7 Å². The summed E-state index contributed by atoms with van der Waals surface area (Å²) >= 11 is 0. The average molecular weight is 477 g/mol. The van der Waals surface area contributed by atoms with Gasteiger partial charge in [0, 0.05) is 29.6 Å². The van der Waals surface area contributed by atoms with Gasteiger partial charge in [-0.2, -0.15) is 5.10 Å². The van der Waals surface area contributed by atoms with Crippen LogP contribution in [0.4, 0.5) is 11.5 Å². The fourth-order valence-corrected chi connectivity index (χ4v) is 4.47. The van der Waals surface area contributed by atoms with E-state index < -0.39 is 10.0 Å². The summed E-state index contributed by atoms with van der Waals surface area (Å²) in [4.78, 5) is 12.6. The molecular formula is C24H20N4O5S. The summed E-state index contributed by atoms with van der Waals surface area (Å²) in [5.41, 5.74) is 1.55. The molecule has 5 rings (SSSR count). The number of ether oxygens (including phenoxy) is 2. The van der Waals surface area contributed by atoms with Crippen molar-refractivity contribution in [1.82, 2.24) is 9.78 Å². The first-order valence-corrected chi connectivity index (χ1v) is 11.9. The van der Waals surface area contributed by atoms with Crippen LogP contribution in [-0.4, -0.2) is 37.3 Å². The zero-order chi connectivity index (χ0) is 23.5. The van der Waals surface area contributed by atoms with Crippen LogP contribution in [-0.2, 0) is 10.0 Å². The van der Waals surface area contributed by atoms with Gasteiger partial charge in [0.15, 0.2) is 17.3 Å². The minimum atomic E-state index is -3.85. The lowest BCUT2D eigenvalue weighted by molar-refractivity contribution is 0.102. The van der Waals surface area contributed by atoms with Crippen molar-refractivity contribution in [2.24, 2.45) is 0 Å². The van der Waals surface area contributed by atoms with Gasteiger partial charge < -0.3 is 14.8 Å². The van der Waals surface area contributed by atoms with Gasteiger partial charge in [-0.25, -0.2) is 13.1 Å². The highest BCUT2D eigenvalue weighted by Crippen LogP contribution is 2.32. The Bertz CT molecular complexity index is 1430. The predicted octanol–water partition coefficient (Wildman–Crippen LogP) is 3.70. The van der Waals surface area contributed by atoms with E-state index in [0.29, 0.717) is 41.8 Å². The van der Waals surface area contributed by atoms with E-state index in [9.17, 15) is 13.2 Å². The highest BCUT2D eigenvalue weighted by atomic mass is 32.2. The molecular weight excluding hydrogens is 456 g/mol. The first kappa shape index (κ1) is 21.5. The summed E-state index contributed by atoms with van der Waals surface area (Å²) in [6.07, 6.45) is 1.75. The Morgan fingerprint density at radius 3 is 2.38 bits per heavy atom. The number of sulfonamides is 1. The second kappa shape index (κ2) is 8.91. The van der Waals surface area contributed by atoms with Crippen molar-refractivity contribution in [1.29, 1.82) is 0 Å². The largest absolute Gasteiger partial charge is 0.486 e. The number of amides is 1. The first-order valence-electron chi connectivity index (χ1n) is 10.4. The van der Waals surface area contributed by atoms with E-state index in [-0.39, 0.29) is 10.8 Å². The molecule has 1 amide bonds. The van der Waals surface area contributed by atoms with E-state index in [0.717, 1.165) is 5.69 Å². The number of nitrogens with zero attached hydrogens (tertiary/aromatic N) is 2. The summed E-state index contributed by atoms with van der Waals surface area (Å²) in [6.45, 7) is 0.784. The maximum absolute atomic E-state index is 12.8. The highest BCUT2D eigenvalue weighted by Gasteiger charge is 2.20. The van der Waals surface area contributed by atoms with Crippen LogP contribution in [0.25, 0.3) is 5.69 Å². The van der Waals surface area contributed by atoms with Crippen molar-refractivity contribution in [3.63, 3.8) is 0 Å². The Kier molecular flexibility index (Phi) is 5.64. The minimum absolute atomic E-state index is 0.0487. The van der Waals surface area contributed by atoms with Crippen LogP contribution in [0.2, 0.25) is 0 Å². The lowest BCUT2D eigenvalue weighted by Crippen LogP contribution is -2.17. The molecule has 10 heteroatoms. The zero-order valence-electron chi connectivity index (χ0n) is 17.8. The second-order valence-electron chi connectivity index (χ2n) is 7.42. The van der Waals surface area contributed by atoms with Gasteiger partial charge in [-0.05, 0) is 48.5 Å². The molecule has 3 aromatic carbocycles. The summed E-state index contributed by atoms with van der Waals surface area (Å²) < 4.78 is 40.6. The monoisotopic (exact) mass is 476 g/mol. The topological polar surface area (TPSA) is 112 Å². The molecule has 0 saturated heterocycles. The number of anilines is 2. The van der Waals surface area contributed by atoms with E-state index in [1.807, 2.05) is 30.3 Å². The van der Waals surface area contributed by atoms with E-state index in [1.54, 1.807) is 23.0 Å². The van der Waals surface area contributed by atoms with Crippen LogP contribution < -0.4 is 19.5 Å². The van der Waals surface area contributed by atoms with E-state index >= 15 is 0 Å². The fourth-order valence-electron chi connectivity index (χ4n) is 3.40. The molecule has 9 nitrogen and oxygen atoms in total. The lowest BCUT2D eigenvalue weighted by Gasteiger charge is -2.19. The smallest absolute Gasteiger partial charge is 0.262 e. The van der Waals surface area contributed by atoms with Crippen LogP contribution in [0.5, 0.6) is 11.5 Å². The second-order valence-corrected chi connectivity index (χ2v) is 9.11. The van der Waals surface area contributed by atoms with Gasteiger partial charge >= 0.3 is 0 Å². The molecule has 0 saturated carbocycles. The molecule has 1 aromatic heterocycles. The van der Waals surface area contributed by atoms with Crippen molar-refractivity contribution in [3.8, 4) is 17.2 Å². The predicted molar refractivity (Wildman–Crippen MR) is 126 cm³/mol. The molecule has 0 atom stereocenters. The summed E-state index contributed by atoms with van der Waals surface area (Å²) in [7, 11) is -3.85. The van der Waals surface area contributed by atoms with Crippen LogP contribution >= 0.6 is 0 Å². The van der Waals surface area contributed by atoms with Crippen molar-refractivity contribution in [3.05, 3.63) is 90.6 Å². The summed E-state index contributed by atoms with van der Waals surface area (Å²) in [6, 6.07) is 21.8. The number of fused-ring (bicyclic) bond motifs is 1. The Balaban J connectivity index is 1.25. The molecule has 172 valence electrons. The normalized spacial score (nSPS) is 12.7. The van der Waals surface area contributed by atoms with Crippen LogP contribution in [0.3, 0.4) is 0 Å². The Labute approximate surface area is 196 Å². The van der Waals surface area contributed by atoms with E-state index in [1.165, 1.54) is 36.4 Å². The van der Waals surface area contributed by atoms with Crippen molar-refractivity contribution in [2.75, 3.05) is 23.3 Å². The van der Waals surface area contributed by atoms with Crippen LogP contribution in [0.1, 0.15) is 10.4 Å². The molecule has 0 fully saturated rings. The van der Waals surface area contributed by atoms with Gasteiger partial charge in [0.1, 0.15) is 13.2 Å². The number of para-hydroxylation sites is 1. The Hall–Kier alpha value is -4.31. The maximum atomic E-state index is 12.8. The van der Waals surface area contributed by atoms with Gasteiger partial charge in [-0.15, -0.1) is 0 Å². The highest BCUT2D eigenvalue weighted by molar-refractivity contribution is 7.92. The maximum Gasteiger partial charge on any atom is 0.262 e. The Morgan fingerprint density at radius 2 is 1.62 bits per heavy atom. The molecule has 1 aliphatic heterocycles. The van der Waals surface area contributed by atoms with Crippen LogP contribution in [0, 0.1) is 0 Å². The number of benzene rings is 3. The number of hydrogen-bond donors (Lipinski definition) is 2. The molecule has 0 bridgehead atoms. The number of aromatic nitrogens is 2. The molecule has 0 unspecified atom stereocenters. The fraction of sp³-hybridized carbons (Fsp3) is 0.0833. The molecule has 2 N–H and O–H groups in total. The van der Waals surface area contributed by atoms with Gasteiger partial charge in [0.2, 0.25) is 0 Å². The third kappa shape index (κ3) is 4.57. The zero-order valence-corrected chi connectivity index (χ0v) is 18.7. The molecule has 0 aliphatic carbocycles. The van der Waals surface area contributed by atoms with Crippen molar-refractivity contribution in [2.45, 2.75) is 4.90 Å².